The van der Waals surface area contributed by atoms with Crippen molar-refractivity contribution in [1.29, 1.82) is 0 Å². The first-order chi connectivity index (χ1) is 13.7. The third-order valence-electron chi connectivity index (χ3n) is 4.70. The van der Waals surface area contributed by atoms with Crippen LogP contribution in [0.2, 0.25) is 0 Å². The molecule has 0 spiro atoms. The summed E-state index contributed by atoms with van der Waals surface area (Å²) in [5, 5.41) is 11.6. The number of methoxy groups -OCH3 is 1. The maximum absolute atomic E-state index is 13.0. The molecule has 168 valence electrons. The van der Waals surface area contributed by atoms with E-state index in [9.17, 15) is 14.7 Å². The Balaban J connectivity index is 2.33. The smallest absolute Gasteiger partial charge is 0.410 e. The molecule has 0 aromatic carbocycles. The molecule has 1 aromatic rings. The van der Waals surface area contributed by atoms with Gasteiger partial charge in [-0.25, -0.2) is 9.78 Å². The fraction of sp³-hybridized carbons (Fsp3) is 0.682. The molecule has 1 N–H and O–H groups in total. The molecule has 1 aliphatic heterocycles. The van der Waals surface area contributed by atoms with Crippen molar-refractivity contribution in [3.05, 3.63) is 23.9 Å². The van der Waals surface area contributed by atoms with Crippen molar-refractivity contribution in [3.63, 3.8) is 0 Å². The number of carbonyl (C=O) groups is 2. The highest BCUT2D eigenvalue weighted by Gasteiger charge is 2.50. The summed E-state index contributed by atoms with van der Waals surface area (Å²) in [4.78, 5) is 31.4. The number of likely N-dealkylation sites (tertiary alicyclic amines) is 1. The van der Waals surface area contributed by atoms with E-state index in [-0.39, 0.29) is 31.5 Å². The van der Waals surface area contributed by atoms with Crippen LogP contribution in [-0.4, -0.2) is 59.5 Å². The van der Waals surface area contributed by atoms with Gasteiger partial charge in [0.2, 0.25) is 5.88 Å². The number of esters is 1. The van der Waals surface area contributed by atoms with Gasteiger partial charge in [-0.15, -0.1) is 0 Å². The number of ether oxygens (including phenoxy) is 3. The van der Waals surface area contributed by atoms with Crippen molar-refractivity contribution in [2.24, 2.45) is 11.3 Å². The zero-order chi connectivity index (χ0) is 22.7. The number of aliphatic hydroxyl groups is 1. The Kier molecular flexibility index (Phi) is 7.01. The topological polar surface area (TPSA) is 98.2 Å². The van der Waals surface area contributed by atoms with Gasteiger partial charge in [0.1, 0.15) is 17.1 Å². The monoisotopic (exact) mass is 422 g/mol. The highest BCUT2D eigenvalue weighted by atomic mass is 16.6. The van der Waals surface area contributed by atoms with Crippen LogP contribution in [0.15, 0.2) is 18.2 Å². The lowest BCUT2D eigenvalue weighted by molar-refractivity contribution is -0.169. The first kappa shape index (κ1) is 23.9. The number of aromatic nitrogens is 1. The number of pyridine rings is 1. The van der Waals surface area contributed by atoms with E-state index < -0.39 is 29.2 Å². The second-order valence-electron chi connectivity index (χ2n) is 9.89. The van der Waals surface area contributed by atoms with Crippen molar-refractivity contribution in [2.45, 2.75) is 59.2 Å². The van der Waals surface area contributed by atoms with Crippen LogP contribution >= 0.6 is 0 Å². The first-order valence-corrected chi connectivity index (χ1v) is 10.1. The van der Waals surface area contributed by atoms with Crippen molar-refractivity contribution < 1.29 is 28.9 Å². The second-order valence-corrected chi connectivity index (χ2v) is 9.89. The van der Waals surface area contributed by atoms with Gasteiger partial charge in [0.05, 0.1) is 19.4 Å². The van der Waals surface area contributed by atoms with Crippen molar-refractivity contribution >= 4 is 12.1 Å². The summed E-state index contributed by atoms with van der Waals surface area (Å²) in [7, 11) is 1.48. The van der Waals surface area contributed by atoms with E-state index >= 15 is 0 Å². The van der Waals surface area contributed by atoms with Gasteiger partial charge in [-0.05, 0) is 32.3 Å². The van der Waals surface area contributed by atoms with Gasteiger partial charge in [0.25, 0.3) is 0 Å². The van der Waals surface area contributed by atoms with Gasteiger partial charge >= 0.3 is 12.1 Å². The fourth-order valence-electron chi connectivity index (χ4n) is 3.17. The Morgan fingerprint density at radius 2 is 1.90 bits per heavy atom. The molecule has 1 saturated heterocycles. The number of piperidine rings is 1. The molecule has 2 atom stereocenters. The molecule has 8 nitrogen and oxygen atoms in total. The van der Waals surface area contributed by atoms with Crippen LogP contribution in [0.1, 0.15) is 53.7 Å². The molecule has 8 heteroatoms. The number of amides is 1. The van der Waals surface area contributed by atoms with Gasteiger partial charge < -0.3 is 24.2 Å². The molecular weight excluding hydrogens is 388 g/mol. The summed E-state index contributed by atoms with van der Waals surface area (Å²) < 4.78 is 16.1. The average Bonchev–Trinajstić information content (AvgIpc) is 2.64. The van der Waals surface area contributed by atoms with Crippen LogP contribution in [0.4, 0.5) is 4.79 Å². The Bertz CT molecular complexity index is 768. The van der Waals surface area contributed by atoms with E-state index in [0.29, 0.717) is 11.6 Å². The maximum atomic E-state index is 13.0. The van der Waals surface area contributed by atoms with E-state index in [1.54, 1.807) is 39.0 Å². The zero-order valence-electron chi connectivity index (χ0n) is 19.0. The molecule has 1 amide bonds. The second kappa shape index (κ2) is 8.79. The number of rotatable bonds is 4. The fourth-order valence-corrected chi connectivity index (χ4v) is 3.17. The first-order valence-electron chi connectivity index (χ1n) is 10.1. The quantitative estimate of drug-likeness (QED) is 0.745. The van der Waals surface area contributed by atoms with Crippen LogP contribution in [0, 0.1) is 11.3 Å². The number of carbonyl (C=O) groups excluding carboxylic acids is 2. The predicted octanol–water partition coefficient (Wildman–Crippen LogP) is 3.12. The third-order valence-corrected chi connectivity index (χ3v) is 4.70. The highest BCUT2D eigenvalue weighted by Crippen LogP contribution is 2.38. The number of nitrogens with zero attached hydrogens (tertiary/aromatic N) is 2. The Hall–Kier alpha value is -2.35. The van der Waals surface area contributed by atoms with Crippen LogP contribution in [0.5, 0.6) is 5.88 Å². The van der Waals surface area contributed by atoms with E-state index in [4.69, 9.17) is 14.2 Å². The maximum Gasteiger partial charge on any atom is 0.410 e. The van der Waals surface area contributed by atoms with E-state index in [0.717, 1.165) is 0 Å². The lowest BCUT2D eigenvalue weighted by Crippen LogP contribution is -2.56. The molecule has 2 unspecified atom stereocenters. The average molecular weight is 423 g/mol. The summed E-state index contributed by atoms with van der Waals surface area (Å²) in [5.41, 5.74) is -2.19. The summed E-state index contributed by atoms with van der Waals surface area (Å²) in [6.45, 7) is 11.6. The van der Waals surface area contributed by atoms with Gasteiger partial charge in [0.15, 0.2) is 0 Å². The molecule has 0 aliphatic carbocycles. The molecule has 1 aromatic heterocycles. The van der Waals surface area contributed by atoms with Crippen molar-refractivity contribution in [2.75, 3.05) is 26.8 Å². The van der Waals surface area contributed by atoms with Crippen LogP contribution in [-0.2, 0) is 19.9 Å². The Labute approximate surface area is 178 Å². The molecule has 1 aliphatic rings. The SMILES string of the molecule is COc1cccc(C2(O)CCN(C(=O)OC(C)(C)C)CC2C(=O)OCC(C)(C)C)n1. The normalized spacial score (nSPS) is 22.4. The third kappa shape index (κ3) is 6.08. The van der Waals surface area contributed by atoms with Crippen LogP contribution in [0.3, 0.4) is 0 Å². The summed E-state index contributed by atoms with van der Waals surface area (Å²) in [5.74, 6) is -1.26. The lowest BCUT2D eigenvalue weighted by Gasteiger charge is -2.43. The van der Waals surface area contributed by atoms with Gasteiger partial charge in [-0.1, -0.05) is 26.8 Å². The minimum atomic E-state index is -1.60. The molecule has 30 heavy (non-hydrogen) atoms. The van der Waals surface area contributed by atoms with Crippen molar-refractivity contribution in [1.82, 2.24) is 9.88 Å². The number of hydrogen-bond acceptors (Lipinski definition) is 7. The molecule has 0 radical (unpaired) electrons. The lowest BCUT2D eigenvalue weighted by atomic mass is 9.78. The zero-order valence-corrected chi connectivity index (χ0v) is 19.0. The Morgan fingerprint density at radius 3 is 2.47 bits per heavy atom. The summed E-state index contributed by atoms with van der Waals surface area (Å²) in [6, 6.07) is 5.02. The standard InChI is InChI=1S/C22H34N2O6/c1-20(2,3)14-29-18(25)15-13-24(19(26)30-21(4,5)6)12-11-22(15,27)16-9-8-10-17(23-16)28-7/h8-10,15,27H,11-14H2,1-7H3. The number of hydrogen-bond donors (Lipinski definition) is 1. The highest BCUT2D eigenvalue weighted by molar-refractivity contribution is 5.76. The minimum absolute atomic E-state index is 0.0344. The predicted molar refractivity (Wildman–Crippen MR) is 111 cm³/mol. The molecule has 0 bridgehead atoms. The van der Waals surface area contributed by atoms with Gasteiger partial charge in [-0.2, -0.15) is 0 Å². The summed E-state index contributed by atoms with van der Waals surface area (Å²) in [6.07, 6.45) is -0.418. The van der Waals surface area contributed by atoms with Crippen LogP contribution in [0.25, 0.3) is 0 Å². The molecule has 0 saturated carbocycles. The van der Waals surface area contributed by atoms with Gasteiger partial charge in [0, 0.05) is 25.6 Å². The Morgan fingerprint density at radius 1 is 1.23 bits per heavy atom. The summed E-state index contributed by atoms with van der Waals surface area (Å²) >= 11 is 0. The van der Waals surface area contributed by atoms with Gasteiger partial charge in [-0.3, -0.25) is 4.79 Å². The van der Waals surface area contributed by atoms with E-state index in [2.05, 4.69) is 4.98 Å². The van der Waals surface area contributed by atoms with E-state index in [1.165, 1.54) is 12.0 Å². The van der Waals surface area contributed by atoms with Crippen molar-refractivity contribution in [3.8, 4) is 5.88 Å². The molecule has 2 heterocycles. The largest absolute Gasteiger partial charge is 0.481 e. The van der Waals surface area contributed by atoms with E-state index in [1.807, 2.05) is 20.8 Å². The molecule has 1 fully saturated rings. The minimum Gasteiger partial charge on any atom is -0.481 e. The molecule has 2 rings (SSSR count). The van der Waals surface area contributed by atoms with Crippen LogP contribution < -0.4 is 4.74 Å². The molecular formula is C22H34N2O6.